The molecule has 2 rings (SSSR count). The van der Waals surface area contributed by atoms with Crippen molar-refractivity contribution in [1.82, 2.24) is 20.4 Å². The maximum atomic E-state index is 3.56. The van der Waals surface area contributed by atoms with Crippen molar-refractivity contribution in [3.05, 3.63) is 12.2 Å². The normalized spacial score (nSPS) is 34.2. The lowest BCUT2D eigenvalue weighted by Crippen LogP contribution is -2.39. The monoisotopic (exact) mass is 252 g/mol. The van der Waals surface area contributed by atoms with E-state index in [1.807, 2.05) is 0 Å². The summed E-state index contributed by atoms with van der Waals surface area (Å²) >= 11 is 0. The summed E-state index contributed by atoms with van der Waals surface area (Å²) in [7, 11) is 0. The van der Waals surface area contributed by atoms with E-state index in [9.17, 15) is 0 Å². The topological polar surface area (TPSA) is 30.5 Å². The number of hydrogen-bond donors (Lipinski definition) is 2. The Morgan fingerprint density at radius 2 is 1.11 bits per heavy atom. The van der Waals surface area contributed by atoms with E-state index in [0.717, 1.165) is 39.3 Å². The lowest BCUT2D eigenvalue weighted by molar-refractivity contribution is 0.266. The van der Waals surface area contributed by atoms with Gasteiger partial charge in [-0.05, 0) is 39.0 Å². The third-order valence-corrected chi connectivity index (χ3v) is 3.76. The molecule has 104 valence electrons. The number of nitrogens with zero attached hydrogens (tertiary/aromatic N) is 2. The first-order valence-electron chi connectivity index (χ1n) is 7.46. The fourth-order valence-electron chi connectivity index (χ4n) is 2.62. The fraction of sp³-hybridized carbons (Fsp3) is 0.857. The minimum atomic E-state index is 1.11. The number of rotatable bonds is 0. The summed E-state index contributed by atoms with van der Waals surface area (Å²) in [5.74, 6) is 0. The molecule has 2 aliphatic rings. The average Bonchev–Trinajstić information content (AvgIpc) is 2.36. The zero-order valence-corrected chi connectivity index (χ0v) is 11.5. The highest BCUT2D eigenvalue weighted by atomic mass is 15.2. The smallest absolute Gasteiger partial charge is 0.0164 e. The van der Waals surface area contributed by atoms with Gasteiger partial charge in [0, 0.05) is 39.3 Å². The minimum Gasteiger partial charge on any atom is -0.315 e. The van der Waals surface area contributed by atoms with Gasteiger partial charge in [-0.3, -0.25) is 9.80 Å². The van der Waals surface area contributed by atoms with E-state index in [4.69, 9.17) is 0 Å². The molecule has 0 spiro atoms. The maximum Gasteiger partial charge on any atom is 0.0164 e. The van der Waals surface area contributed by atoms with Crippen molar-refractivity contribution >= 4 is 0 Å². The number of hydrogen-bond acceptors (Lipinski definition) is 4. The van der Waals surface area contributed by atoms with Crippen LogP contribution in [0.25, 0.3) is 0 Å². The van der Waals surface area contributed by atoms with Crippen molar-refractivity contribution in [3.63, 3.8) is 0 Å². The first-order valence-corrected chi connectivity index (χ1v) is 7.46. The summed E-state index contributed by atoms with van der Waals surface area (Å²) < 4.78 is 0. The van der Waals surface area contributed by atoms with Gasteiger partial charge in [0.05, 0.1) is 0 Å². The molecule has 0 aromatic carbocycles. The summed E-state index contributed by atoms with van der Waals surface area (Å²) in [6, 6.07) is 0. The van der Waals surface area contributed by atoms with Crippen LogP contribution in [0.3, 0.4) is 0 Å². The van der Waals surface area contributed by atoms with E-state index in [-0.39, 0.29) is 0 Å². The van der Waals surface area contributed by atoms with Gasteiger partial charge in [0.25, 0.3) is 0 Å². The first-order chi connectivity index (χ1) is 8.95. The second-order valence-electron chi connectivity index (χ2n) is 5.28. The largest absolute Gasteiger partial charge is 0.315 e. The van der Waals surface area contributed by atoms with Gasteiger partial charge < -0.3 is 10.6 Å². The zero-order valence-electron chi connectivity index (χ0n) is 11.5. The molecule has 0 saturated heterocycles. The Hall–Kier alpha value is -0.420. The molecule has 0 fully saturated rings. The van der Waals surface area contributed by atoms with Gasteiger partial charge in [-0.25, -0.2) is 0 Å². The molecule has 4 nitrogen and oxygen atoms in total. The second-order valence-corrected chi connectivity index (χ2v) is 5.28. The van der Waals surface area contributed by atoms with Gasteiger partial charge >= 0.3 is 0 Å². The molecule has 2 N–H and O–H groups in total. The van der Waals surface area contributed by atoms with Crippen molar-refractivity contribution in [2.24, 2.45) is 0 Å². The highest BCUT2D eigenvalue weighted by molar-refractivity contribution is 4.88. The number of fused-ring (bicyclic) bond motifs is 4. The van der Waals surface area contributed by atoms with E-state index in [2.05, 4.69) is 32.6 Å². The Labute approximate surface area is 111 Å². The Balaban J connectivity index is 1.95. The number of nitrogens with one attached hydrogen (secondary N) is 2. The molecule has 2 heterocycles. The summed E-state index contributed by atoms with van der Waals surface area (Å²) in [4.78, 5) is 5.11. The third kappa shape index (κ3) is 5.48. The van der Waals surface area contributed by atoms with Crippen LogP contribution in [0, 0.1) is 0 Å². The van der Waals surface area contributed by atoms with Crippen LogP contribution in [0.4, 0.5) is 0 Å². The van der Waals surface area contributed by atoms with Gasteiger partial charge in [-0.1, -0.05) is 12.2 Å². The van der Waals surface area contributed by atoms with Crippen molar-refractivity contribution in [2.45, 2.75) is 12.8 Å². The molecule has 18 heavy (non-hydrogen) atoms. The molecule has 0 aromatic rings. The summed E-state index contributed by atoms with van der Waals surface area (Å²) in [6.07, 6.45) is 7.22. The predicted octanol–water partition coefficient (Wildman–Crippen LogP) is 0.133. The standard InChI is InChI=1S/C14H28N4/c1-2-10-18-12-4-6-15-7-13-17(9-1)11-3-5-16-8-14-18/h1-2,15-16H,3-14H2/b2-1+. The highest BCUT2D eigenvalue weighted by Gasteiger charge is 2.07. The summed E-state index contributed by atoms with van der Waals surface area (Å²) in [5, 5.41) is 7.13. The summed E-state index contributed by atoms with van der Waals surface area (Å²) in [5.41, 5.74) is 0. The molecule has 0 saturated carbocycles. The van der Waals surface area contributed by atoms with Crippen LogP contribution in [-0.2, 0) is 0 Å². The highest BCUT2D eigenvalue weighted by Crippen LogP contribution is 1.97. The van der Waals surface area contributed by atoms with Crippen molar-refractivity contribution in [2.75, 3.05) is 65.4 Å². The first kappa shape index (κ1) is 14.0. The van der Waals surface area contributed by atoms with E-state index >= 15 is 0 Å². The Morgan fingerprint density at radius 1 is 0.611 bits per heavy atom. The zero-order chi connectivity index (χ0) is 12.5. The fourth-order valence-corrected chi connectivity index (χ4v) is 2.62. The maximum absolute atomic E-state index is 3.56. The second kappa shape index (κ2) is 8.64. The predicted molar refractivity (Wildman–Crippen MR) is 77.0 cm³/mol. The molecule has 2 atom stereocenters. The molecular weight excluding hydrogens is 224 g/mol. The molecule has 0 aliphatic carbocycles. The Bertz CT molecular complexity index is 202. The van der Waals surface area contributed by atoms with Gasteiger partial charge in [0.15, 0.2) is 0 Å². The molecule has 2 bridgehead atoms. The average molecular weight is 252 g/mol. The lowest BCUT2D eigenvalue weighted by atomic mass is 10.3. The Morgan fingerprint density at radius 3 is 1.61 bits per heavy atom. The van der Waals surface area contributed by atoms with Crippen LogP contribution in [0.15, 0.2) is 12.2 Å². The van der Waals surface area contributed by atoms with Crippen LogP contribution in [0.5, 0.6) is 0 Å². The lowest BCUT2D eigenvalue weighted by Gasteiger charge is -2.25. The van der Waals surface area contributed by atoms with Gasteiger partial charge in [-0.2, -0.15) is 0 Å². The van der Waals surface area contributed by atoms with Crippen LogP contribution in [-0.4, -0.2) is 75.2 Å². The van der Waals surface area contributed by atoms with Crippen LogP contribution >= 0.6 is 0 Å². The van der Waals surface area contributed by atoms with E-state index in [1.54, 1.807) is 0 Å². The van der Waals surface area contributed by atoms with Crippen LogP contribution in [0.1, 0.15) is 12.8 Å². The molecule has 0 radical (unpaired) electrons. The van der Waals surface area contributed by atoms with Crippen molar-refractivity contribution in [1.29, 1.82) is 0 Å². The molecule has 0 aromatic heterocycles. The molecule has 0 amide bonds. The molecule has 4 heteroatoms. The molecular formula is C14H28N4. The van der Waals surface area contributed by atoms with E-state index in [0.29, 0.717) is 0 Å². The van der Waals surface area contributed by atoms with E-state index in [1.165, 1.54) is 39.0 Å². The van der Waals surface area contributed by atoms with Gasteiger partial charge in [0.1, 0.15) is 0 Å². The molecule has 2 unspecified atom stereocenters. The van der Waals surface area contributed by atoms with Gasteiger partial charge in [0.2, 0.25) is 0 Å². The van der Waals surface area contributed by atoms with Gasteiger partial charge in [-0.15, -0.1) is 0 Å². The molecule has 2 aliphatic heterocycles. The SMILES string of the molecule is C1=C/CN2CCCNCCN(C/1)CCCNCC2. The van der Waals surface area contributed by atoms with E-state index < -0.39 is 0 Å². The third-order valence-electron chi connectivity index (χ3n) is 3.76. The Kier molecular flexibility index (Phi) is 6.72. The van der Waals surface area contributed by atoms with Crippen LogP contribution in [0.2, 0.25) is 0 Å². The summed E-state index contributed by atoms with van der Waals surface area (Å²) in [6.45, 7) is 11.5. The van der Waals surface area contributed by atoms with Crippen LogP contribution < -0.4 is 10.6 Å². The minimum absolute atomic E-state index is 1.11. The van der Waals surface area contributed by atoms with Crippen molar-refractivity contribution in [3.8, 4) is 0 Å². The quantitative estimate of drug-likeness (QED) is 0.600. The van der Waals surface area contributed by atoms with Crippen molar-refractivity contribution < 1.29 is 0 Å².